The fourth-order valence-corrected chi connectivity index (χ4v) is 5.66. The van der Waals surface area contributed by atoms with Crippen LogP contribution in [-0.4, -0.2) is 4.98 Å². The summed E-state index contributed by atoms with van der Waals surface area (Å²) in [6.45, 7) is 4.53. The maximum Gasteiger partial charge on any atom is 0.132 e. The van der Waals surface area contributed by atoms with Crippen molar-refractivity contribution in [2.75, 3.05) is 0 Å². The second-order valence-electron chi connectivity index (χ2n) is 10.7. The summed E-state index contributed by atoms with van der Waals surface area (Å²) < 4.78 is 14.8. The van der Waals surface area contributed by atoms with Gasteiger partial charge < -0.3 is 0 Å². The molecule has 34 heavy (non-hydrogen) atoms. The highest BCUT2D eigenvalue weighted by molar-refractivity contribution is 5.60. The van der Waals surface area contributed by atoms with Gasteiger partial charge in [0.2, 0.25) is 0 Å². The lowest BCUT2D eigenvalue weighted by Gasteiger charge is -2.28. The summed E-state index contributed by atoms with van der Waals surface area (Å²) in [6, 6.07) is 9.96. The molecule has 1 aromatic carbocycles. The molecule has 0 radical (unpaired) electrons. The van der Waals surface area contributed by atoms with E-state index in [0.29, 0.717) is 11.5 Å². The lowest BCUT2D eigenvalue weighted by Crippen LogP contribution is -2.13. The van der Waals surface area contributed by atoms with Crippen molar-refractivity contribution >= 4 is 0 Å². The van der Waals surface area contributed by atoms with Gasteiger partial charge in [0, 0.05) is 11.8 Å². The molecule has 0 N–H and O–H groups in total. The average Bonchev–Trinajstić information content (AvgIpc) is 2.87. The number of rotatable bonds is 15. The van der Waals surface area contributed by atoms with Gasteiger partial charge in [0.1, 0.15) is 5.82 Å². The van der Waals surface area contributed by atoms with Crippen molar-refractivity contribution in [3.8, 4) is 11.3 Å². The van der Waals surface area contributed by atoms with Crippen LogP contribution in [0.25, 0.3) is 11.3 Å². The van der Waals surface area contributed by atoms with Gasteiger partial charge in [0.15, 0.2) is 0 Å². The SMILES string of the molecule is CCCCCCCCc1ccc(-c2ccc([C@H]3CC[C@H](CCCCCCC)CC3)cn2)c(F)c1. The quantitative estimate of drug-likeness (QED) is 0.238. The number of halogens is 1. The van der Waals surface area contributed by atoms with Crippen LogP contribution in [0.2, 0.25) is 0 Å². The highest BCUT2D eigenvalue weighted by Gasteiger charge is 2.22. The summed E-state index contributed by atoms with van der Waals surface area (Å²) in [7, 11) is 0. The number of benzene rings is 1. The first-order valence-electron chi connectivity index (χ1n) is 14.5. The van der Waals surface area contributed by atoms with Gasteiger partial charge in [-0.15, -0.1) is 0 Å². The van der Waals surface area contributed by atoms with Crippen LogP contribution in [0.1, 0.15) is 134 Å². The monoisotopic (exact) mass is 465 g/mol. The molecular formula is C32H48FN. The molecule has 1 aromatic heterocycles. The van der Waals surface area contributed by atoms with E-state index >= 15 is 0 Å². The summed E-state index contributed by atoms with van der Waals surface area (Å²) >= 11 is 0. The number of pyridine rings is 1. The molecule has 1 aliphatic carbocycles. The van der Waals surface area contributed by atoms with E-state index in [2.05, 4.69) is 31.0 Å². The molecule has 3 rings (SSSR count). The fraction of sp³-hybridized carbons (Fsp3) is 0.656. The normalized spacial score (nSPS) is 18.3. The first kappa shape index (κ1) is 26.9. The molecule has 2 aromatic rings. The van der Waals surface area contributed by atoms with Crippen LogP contribution >= 0.6 is 0 Å². The van der Waals surface area contributed by atoms with E-state index in [9.17, 15) is 4.39 Å². The van der Waals surface area contributed by atoms with Crippen LogP contribution in [0.3, 0.4) is 0 Å². The summed E-state index contributed by atoms with van der Waals surface area (Å²) in [5, 5.41) is 0. The molecule has 188 valence electrons. The van der Waals surface area contributed by atoms with Gasteiger partial charge in [-0.1, -0.05) is 96.6 Å². The van der Waals surface area contributed by atoms with Crippen LogP contribution < -0.4 is 0 Å². The molecule has 0 saturated heterocycles. The van der Waals surface area contributed by atoms with Crippen LogP contribution in [0, 0.1) is 11.7 Å². The standard InChI is InChI=1S/C32H48FN/c1-3-5-7-9-11-13-15-27-18-22-30(31(33)24-27)32-23-21-29(25-34-32)28-19-16-26(17-20-28)14-12-10-8-6-4-2/h18,21-26,28H,3-17,19-20H2,1-2H3/t26-,28-. The molecule has 2 heteroatoms. The maximum absolute atomic E-state index is 14.8. The van der Waals surface area contributed by atoms with Crippen molar-refractivity contribution in [3.05, 3.63) is 53.5 Å². The van der Waals surface area contributed by atoms with E-state index < -0.39 is 0 Å². The van der Waals surface area contributed by atoms with Crippen molar-refractivity contribution in [2.24, 2.45) is 5.92 Å². The minimum atomic E-state index is -0.136. The number of aryl methyl sites for hydroxylation is 1. The summed E-state index contributed by atoms with van der Waals surface area (Å²) in [5.41, 5.74) is 3.83. The number of hydrogen-bond acceptors (Lipinski definition) is 1. The highest BCUT2D eigenvalue weighted by Crippen LogP contribution is 2.38. The topological polar surface area (TPSA) is 12.9 Å². The van der Waals surface area contributed by atoms with Crippen LogP contribution in [0.5, 0.6) is 0 Å². The summed E-state index contributed by atoms with van der Waals surface area (Å²) in [4.78, 5) is 4.68. The Morgan fingerprint density at radius 2 is 1.44 bits per heavy atom. The van der Waals surface area contributed by atoms with Crippen molar-refractivity contribution in [2.45, 2.75) is 129 Å². The second kappa shape index (κ2) is 15.3. The minimum Gasteiger partial charge on any atom is -0.256 e. The number of unbranched alkanes of at least 4 members (excludes halogenated alkanes) is 9. The Balaban J connectivity index is 1.44. The van der Waals surface area contributed by atoms with E-state index in [1.165, 1.54) is 102 Å². The smallest absolute Gasteiger partial charge is 0.132 e. The molecule has 1 saturated carbocycles. The van der Waals surface area contributed by atoms with E-state index in [1.807, 2.05) is 18.3 Å². The van der Waals surface area contributed by atoms with Gasteiger partial charge in [0.25, 0.3) is 0 Å². The molecule has 0 atom stereocenters. The third-order valence-corrected chi connectivity index (χ3v) is 7.95. The van der Waals surface area contributed by atoms with E-state index in [-0.39, 0.29) is 5.82 Å². The Kier molecular flexibility index (Phi) is 12.1. The molecule has 0 aliphatic heterocycles. The molecule has 1 heterocycles. The van der Waals surface area contributed by atoms with Crippen LogP contribution in [0.15, 0.2) is 36.5 Å². The van der Waals surface area contributed by atoms with Crippen LogP contribution in [0.4, 0.5) is 4.39 Å². The van der Waals surface area contributed by atoms with Gasteiger partial charge in [-0.25, -0.2) is 4.39 Å². The van der Waals surface area contributed by atoms with Gasteiger partial charge in [-0.05, 0) is 79.7 Å². The zero-order chi connectivity index (χ0) is 24.0. The van der Waals surface area contributed by atoms with E-state index in [0.717, 1.165) is 30.0 Å². The molecule has 1 nitrogen and oxygen atoms in total. The Bertz CT molecular complexity index is 804. The Labute approximate surface area is 209 Å². The van der Waals surface area contributed by atoms with Crippen molar-refractivity contribution in [3.63, 3.8) is 0 Å². The molecule has 0 amide bonds. The van der Waals surface area contributed by atoms with Crippen molar-refractivity contribution in [1.29, 1.82) is 0 Å². The predicted molar refractivity (Wildman–Crippen MR) is 145 cm³/mol. The zero-order valence-electron chi connectivity index (χ0n) is 22.0. The lowest BCUT2D eigenvalue weighted by molar-refractivity contribution is 0.301. The second-order valence-corrected chi connectivity index (χ2v) is 10.7. The average molecular weight is 466 g/mol. The van der Waals surface area contributed by atoms with Crippen molar-refractivity contribution < 1.29 is 4.39 Å². The largest absolute Gasteiger partial charge is 0.256 e. The maximum atomic E-state index is 14.8. The van der Waals surface area contributed by atoms with Crippen molar-refractivity contribution in [1.82, 2.24) is 4.98 Å². The van der Waals surface area contributed by atoms with E-state index in [4.69, 9.17) is 0 Å². The summed E-state index contributed by atoms with van der Waals surface area (Å²) in [5.74, 6) is 1.42. The lowest BCUT2D eigenvalue weighted by atomic mass is 9.77. The molecule has 1 aliphatic rings. The molecule has 0 bridgehead atoms. The first-order chi connectivity index (χ1) is 16.7. The van der Waals surface area contributed by atoms with Gasteiger partial charge in [-0.3, -0.25) is 4.98 Å². The Hall–Kier alpha value is -1.70. The van der Waals surface area contributed by atoms with Gasteiger partial charge >= 0.3 is 0 Å². The Morgan fingerprint density at radius 1 is 0.765 bits per heavy atom. The number of aromatic nitrogens is 1. The van der Waals surface area contributed by atoms with Gasteiger partial charge in [-0.2, -0.15) is 0 Å². The number of hydrogen-bond donors (Lipinski definition) is 0. The third kappa shape index (κ3) is 8.82. The predicted octanol–water partition coefficient (Wildman–Crippen LogP) is 10.4. The molecular weight excluding hydrogens is 417 g/mol. The third-order valence-electron chi connectivity index (χ3n) is 7.95. The fourth-order valence-electron chi connectivity index (χ4n) is 5.66. The Morgan fingerprint density at radius 3 is 2.09 bits per heavy atom. The minimum absolute atomic E-state index is 0.136. The summed E-state index contributed by atoms with van der Waals surface area (Å²) in [6.07, 6.45) is 24.2. The molecule has 0 unspecified atom stereocenters. The zero-order valence-corrected chi connectivity index (χ0v) is 22.0. The first-order valence-corrected chi connectivity index (χ1v) is 14.5. The number of nitrogens with zero attached hydrogens (tertiary/aromatic N) is 1. The van der Waals surface area contributed by atoms with E-state index in [1.54, 1.807) is 6.07 Å². The highest BCUT2D eigenvalue weighted by atomic mass is 19.1. The van der Waals surface area contributed by atoms with Gasteiger partial charge in [0.05, 0.1) is 5.69 Å². The molecule has 1 fully saturated rings. The van der Waals surface area contributed by atoms with Crippen LogP contribution in [-0.2, 0) is 6.42 Å². The molecule has 0 spiro atoms.